The van der Waals surface area contributed by atoms with Gasteiger partial charge < -0.3 is 10.5 Å². The van der Waals surface area contributed by atoms with Gasteiger partial charge in [-0.15, -0.1) is 11.3 Å². The van der Waals surface area contributed by atoms with E-state index in [1.807, 2.05) is 24.3 Å². The number of primary amides is 1. The van der Waals surface area contributed by atoms with Crippen LogP contribution in [-0.2, 0) is 16.0 Å². The van der Waals surface area contributed by atoms with Gasteiger partial charge in [-0.05, 0) is 12.1 Å². The number of ether oxygens (including phenoxy) is 1. The number of nitrogens with one attached hydrogen (secondary N) is 1. The molecule has 0 spiro atoms. The molecule has 22 heavy (non-hydrogen) atoms. The number of carbonyl (C=O) groups is 2. The molecule has 2 aromatic rings. The van der Waals surface area contributed by atoms with Gasteiger partial charge in [-0.25, -0.2) is 4.98 Å². The van der Waals surface area contributed by atoms with E-state index in [9.17, 15) is 9.59 Å². The van der Waals surface area contributed by atoms with Crippen LogP contribution in [0.3, 0.4) is 0 Å². The van der Waals surface area contributed by atoms with Crippen LogP contribution in [0, 0.1) is 0 Å². The molecule has 1 aromatic carbocycles. The van der Waals surface area contributed by atoms with Crippen LogP contribution in [0.2, 0.25) is 0 Å². The third-order valence-corrected chi connectivity index (χ3v) is 3.86. The number of benzene rings is 1. The minimum atomic E-state index is -0.455. The molecule has 0 saturated heterocycles. The Morgan fingerprint density at radius 2 is 2.18 bits per heavy atom. The second kappa shape index (κ2) is 5.98. The lowest BCUT2D eigenvalue weighted by molar-refractivity contribution is -0.117. The molecule has 3 N–H and O–H groups in total. The number of carbonyl (C=O) groups excluding carboxylic acids is 2. The summed E-state index contributed by atoms with van der Waals surface area (Å²) >= 11 is 1.25. The zero-order chi connectivity index (χ0) is 15.5. The van der Waals surface area contributed by atoms with Crippen LogP contribution in [0.4, 0.5) is 5.13 Å². The molecular weight excluding hydrogens is 302 g/mol. The van der Waals surface area contributed by atoms with Crippen molar-refractivity contribution in [1.29, 1.82) is 0 Å². The molecule has 2 amide bonds. The maximum atomic E-state index is 12.2. The highest BCUT2D eigenvalue weighted by atomic mass is 32.1. The van der Waals surface area contributed by atoms with E-state index in [0.29, 0.717) is 16.4 Å². The van der Waals surface area contributed by atoms with Gasteiger partial charge >= 0.3 is 0 Å². The number of amides is 2. The van der Waals surface area contributed by atoms with E-state index < -0.39 is 5.91 Å². The highest BCUT2D eigenvalue weighted by molar-refractivity contribution is 7.14. The molecule has 0 atom stereocenters. The largest absolute Gasteiger partial charge is 0.488 e. The number of para-hydroxylation sites is 1. The lowest BCUT2D eigenvalue weighted by Gasteiger charge is -2.16. The molecule has 0 bridgehead atoms. The van der Waals surface area contributed by atoms with Crippen molar-refractivity contribution >= 4 is 34.4 Å². The molecule has 3 rings (SSSR count). The van der Waals surface area contributed by atoms with Crippen LogP contribution in [0.5, 0.6) is 5.75 Å². The second-order valence-electron chi connectivity index (χ2n) is 4.74. The zero-order valence-corrected chi connectivity index (χ0v) is 12.4. The van der Waals surface area contributed by atoms with Crippen molar-refractivity contribution in [1.82, 2.24) is 4.98 Å². The normalized spacial score (nSPS) is 12.8. The van der Waals surface area contributed by atoms with Gasteiger partial charge in [0.1, 0.15) is 12.4 Å². The Hall–Kier alpha value is -2.67. The van der Waals surface area contributed by atoms with E-state index in [0.717, 1.165) is 11.3 Å². The molecule has 0 fully saturated rings. The second-order valence-corrected chi connectivity index (χ2v) is 5.60. The lowest BCUT2D eigenvalue weighted by atomic mass is 10.1. The first-order chi connectivity index (χ1) is 10.6. The molecule has 1 aromatic heterocycles. The molecule has 2 heterocycles. The summed E-state index contributed by atoms with van der Waals surface area (Å²) in [5.41, 5.74) is 7.04. The smallest absolute Gasteiger partial charge is 0.256 e. The third-order valence-electron chi connectivity index (χ3n) is 3.05. The Morgan fingerprint density at radius 3 is 3.00 bits per heavy atom. The van der Waals surface area contributed by atoms with Gasteiger partial charge in [0.15, 0.2) is 5.13 Å². The summed E-state index contributed by atoms with van der Waals surface area (Å²) in [6.07, 6.45) is 1.86. The summed E-state index contributed by atoms with van der Waals surface area (Å²) in [5.74, 6) is 0.0368. The molecule has 112 valence electrons. The Bertz CT molecular complexity index is 767. The number of nitrogens with zero attached hydrogens (tertiary/aromatic N) is 1. The molecule has 0 saturated carbocycles. The SMILES string of the molecule is NC(=O)Cc1csc(NC(=O)C2=Cc3ccccc3OC2)n1. The first-order valence-electron chi connectivity index (χ1n) is 6.58. The van der Waals surface area contributed by atoms with Gasteiger partial charge in [-0.2, -0.15) is 0 Å². The van der Waals surface area contributed by atoms with Crippen molar-refractivity contribution in [2.24, 2.45) is 5.73 Å². The van der Waals surface area contributed by atoms with E-state index in [2.05, 4.69) is 10.3 Å². The summed E-state index contributed by atoms with van der Waals surface area (Å²) in [4.78, 5) is 27.2. The molecule has 1 aliphatic heterocycles. The molecular formula is C15H13N3O3S. The van der Waals surface area contributed by atoms with Gasteiger partial charge in [0, 0.05) is 10.9 Å². The predicted molar refractivity (Wildman–Crippen MR) is 83.6 cm³/mol. The number of hydrogen-bond donors (Lipinski definition) is 2. The van der Waals surface area contributed by atoms with Crippen molar-refractivity contribution in [3.8, 4) is 5.75 Å². The number of anilines is 1. The van der Waals surface area contributed by atoms with Crippen molar-refractivity contribution in [3.05, 3.63) is 46.5 Å². The topological polar surface area (TPSA) is 94.3 Å². The summed E-state index contributed by atoms with van der Waals surface area (Å²) < 4.78 is 5.55. The Kier molecular flexibility index (Phi) is 3.88. The average Bonchev–Trinajstić information content (AvgIpc) is 2.93. The third kappa shape index (κ3) is 3.15. The summed E-state index contributed by atoms with van der Waals surface area (Å²) in [6.45, 7) is 0.211. The molecule has 0 radical (unpaired) electrons. The summed E-state index contributed by atoms with van der Waals surface area (Å²) in [6, 6.07) is 7.51. The average molecular weight is 315 g/mol. The molecule has 7 heteroatoms. The van der Waals surface area contributed by atoms with Gasteiger partial charge in [-0.3, -0.25) is 14.9 Å². The minimum Gasteiger partial charge on any atom is -0.488 e. The van der Waals surface area contributed by atoms with Gasteiger partial charge in [0.25, 0.3) is 5.91 Å². The zero-order valence-electron chi connectivity index (χ0n) is 11.5. The van der Waals surface area contributed by atoms with Crippen molar-refractivity contribution in [2.75, 3.05) is 11.9 Å². The summed E-state index contributed by atoms with van der Waals surface area (Å²) in [5, 5.41) is 4.83. The van der Waals surface area contributed by atoms with Crippen molar-refractivity contribution < 1.29 is 14.3 Å². The van der Waals surface area contributed by atoms with Crippen LogP contribution in [-0.4, -0.2) is 23.4 Å². The van der Waals surface area contributed by atoms with E-state index in [-0.39, 0.29) is 18.9 Å². The molecule has 6 nitrogen and oxygen atoms in total. The van der Waals surface area contributed by atoms with Gasteiger partial charge in [-0.1, -0.05) is 18.2 Å². The fraction of sp³-hybridized carbons (Fsp3) is 0.133. The fourth-order valence-corrected chi connectivity index (χ4v) is 2.75. The van der Waals surface area contributed by atoms with E-state index in [1.165, 1.54) is 11.3 Å². The minimum absolute atomic E-state index is 0.0611. The van der Waals surface area contributed by atoms with Crippen molar-refractivity contribution in [3.63, 3.8) is 0 Å². The Labute approximate surface area is 130 Å². The number of thiazole rings is 1. The number of nitrogens with two attached hydrogens (primary N) is 1. The van der Waals surface area contributed by atoms with E-state index in [1.54, 1.807) is 11.5 Å². The molecule has 1 aliphatic rings. The fourth-order valence-electron chi connectivity index (χ4n) is 2.05. The lowest BCUT2D eigenvalue weighted by Crippen LogP contribution is -2.21. The predicted octanol–water partition coefficient (Wildman–Crippen LogP) is 1.59. The molecule has 0 aliphatic carbocycles. The highest BCUT2D eigenvalue weighted by Crippen LogP contribution is 2.26. The Morgan fingerprint density at radius 1 is 1.36 bits per heavy atom. The van der Waals surface area contributed by atoms with Crippen LogP contribution in [0.25, 0.3) is 6.08 Å². The number of fused-ring (bicyclic) bond motifs is 1. The van der Waals surface area contributed by atoms with E-state index >= 15 is 0 Å². The number of aromatic nitrogens is 1. The monoisotopic (exact) mass is 315 g/mol. The van der Waals surface area contributed by atoms with Crippen LogP contribution in [0.1, 0.15) is 11.3 Å². The first kappa shape index (κ1) is 14.3. The van der Waals surface area contributed by atoms with Crippen LogP contribution < -0.4 is 15.8 Å². The molecule has 0 unspecified atom stereocenters. The van der Waals surface area contributed by atoms with Gasteiger partial charge in [0.2, 0.25) is 5.91 Å². The van der Waals surface area contributed by atoms with Gasteiger partial charge in [0.05, 0.1) is 17.7 Å². The maximum Gasteiger partial charge on any atom is 0.256 e. The van der Waals surface area contributed by atoms with Crippen LogP contribution >= 0.6 is 11.3 Å². The quantitative estimate of drug-likeness (QED) is 0.895. The Balaban J connectivity index is 1.71. The van der Waals surface area contributed by atoms with E-state index in [4.69, 9.17) is 10.5 Å². The maximum absolute atomic E-state index is 12.2. The standard InChI is InChI=1S/C15H13N3O3S/c16-13(19)6-11-8-22-15(17-11)18-14(20)10-5-9-3-1-2-4-12(9)21-7-10/h1-5,8H,6-7H2,(H2,16,19)(H,17,18,20). The summed E-state index contributed by atoms with van der Waals surface area (Å²) in [7, 11) is 0. The highest BCUT2D eigenvalue weighted by Gasteiger charge is 2.18. The van der Waals surface area contributed by atoms with Crippen molar-refractivity contribution in [2.45, 2.75) is 6.42 Å². The number of rotatable bonds is 4. The van der Waals surface area contributed by atoms with Crippen LogP contribution in [0.15, 0.2) is 35.2 Å². The first-order valence-corrected chi connectivity index (χ1v) is 7.46. The number of hydrogen-bond acceptors (Lipinski definition) is 5.